The van der Waals surface area contributed by atoms with Crippen LogP contribution in [-0.4, -0.2) is 27.4 Å². The van der Waals surface area contributed by atoms with E-state index in [4.69, 9.17) is 9.52 Å². The first-order valence-electron chi connectivity index (χ1n) is 6.11. The van der Waals surface area contributed by atoms with Crippen molar-refractivity contribution in [3.8, 4) is 0 Å². The van der Waals surface area contributed by atoms with Crippen molar-refractivity contribution in [2.45, 2.75) is 19.1 Å². The van der Waals surface area contributed by atoms with E-state index < -0.39 is 0 Å². The molecule has 1 N–H and O–H groups in total. The third kappa shape index (κ3) is 2.09. The van der Waals surface area contributed by atoms with E-state index in [1.807, 2.05) is 32.0 Å². The maximum Gasteiger partial charge on any atom is 0.256 e. The summed E-state index contributed by atoms with van der Waals surface area (Å²) < 4.78 is 5.82. The number of aromatic nitrogens is 2. The van der Waals surface area contributed by atoms with E-state index in [2.05, 4.69) is 9.97 Å². The highest BCUT2D eigenvalue weighted by Crippen LogP contribution is 2.31. The number of aliphatic hydroxyl groups is 1. The number of oxazole rings is 1. The molecule has 0 radical (unpaired) electrons. The lowest BCUT2D eigenvalue weighted by Crippen LogP contribution is -1.89. The molecule has 0 aliphatic heterocycles. The van der Waals surface area contributed by atoms with Crippen LogP contribution >= 0.6 is 11.8 Å². The molecule has 98 valence electrons. The van der Waals surface area contributed by atoms with E-state index in [1.165, 1.54) is 11.8 Å². The minimum Gasteiger partial charge on any atom is -0.431 e. The highest BCUT2D eigenvalue weighted by molar-refractivity contribution is 7.99. The summed E-state index contributed by atoms with van der Waals surface area (Å²) in [6.45, 7) is 4.09. The van der Waals surface area contributed by atoms with Crippen LogP contribution in [0, 0.1) is 13.8 Å². The smallest absolute Gasteiger partial charge is 0.256 e. The molecule has 3 rings (SSSR count). The lowest BCUT2D eigenvalue weighted by molar-refractivity contribution is 0.322. The van der Waals surface area contributed by atoms with Gasteiger partial charge in [0.05, 0.1) is 17.8 Å². The third-order valence-electron chi connectivity index (χ3n) is 3.03. The van der Waals surface area contributed by atoms with Gasteiger partial charge in [-0.1, -0.05) is 23.9 Å². The zero-order valence-electron chi connectivity index (χ0n) is 10.8. The van der Waals surface area contributed by atoms with Gasteiger partial charge in [-0.2, -0.15) is 0 Å². The Morgan fingerprint density at radius 1 is 1.21 bits per heavy atom. The Morgan fingerprint density at radius 2 is 2.05 bits per heavy atom. The van der Waals surface area contributed by atoms with Crippen molar-refractivity contribution in [2.75, 3.05) is 12.4 Å². The monoisotopic (exact) mass is 274 g/mol. The maximum absolute atomic E-state index is 8.86. The summed E-state index contributed by atoms with van der Waals surface area (Å²) in [7, 11) is 0. The molecule has 4 nitrogen and oxygen atoms in total. The molecular formula is C14H14N2O2S. The predicted octanol–water partition coefficient (Wildman–Crippen LogP) is 3.08. The van der Waals surface area contributed by atoms with E-state index in [-0.39, 0.29) is 6.61 Å². The molecule has 2 aromatic heterocycles. The SMILES string of the molecule is Cc1cccc2c1nc(C)c1nc(SCCO)oc12. The molecule has 0 atom stereocenters. The summed E-state index contributed by atoms with van der Waals surface area (Å²) in [5, 5.41) is 10.4. The Labute approximate surface area is 114 Å². The van der Waals surface area contributed by atoms with Crippen LogP contribution in [0.3, 0.4) is 0 Å². The van der Waals surface area contributed by atoms with Gasteiger partial charge >= 0.3 is 0 Å². The molecule has 2 heterocycles. The van der Waals surface area contributed by atoms with E-state index in [0.29, 0.717) is 11.0 Å². The van der Waals surface area contributed by atoms with Crippen molar-refractivity contribution in [2.24, 2.45) is 0 Å². The van der Waals surface area contributed by atoms with Crippen molar-refractivity contribution in [1.29, 1.82) is 0 Å². The Kier molecular flexibility index (Phi) is 3.16. The second kappa shape index (κ2) is 4.83. The lowest BCUT2D eigenvalue weighted by atomic mass is 10.1. The van der Waals surface area contributed by atoms with Crippen molar-refractivity contribution in [3.05, 3.63) is 29.5 Å². The summed E-state index contributed by atoms with van der Waals surface area (Å²) in [5.41, 5.74) is 4.55. The number of nitrogens with zero attached hydrogens (tertiary/aromatic N) is 2. The quantitative estimate of drug-likeness (QED) is 0.744. The molecule has 0 spiro atoms. The minimum atomic E-state index is 0.112. The van der Waals surface area contributed by atoms with Gasteiger partial charge in [0, 0.05) is 11.1 Å². The topological polar surface area (TPSA) is 59.2 Å². The van der Waals surface area contributed by atoms with Crippen LogP contribution in [0.5, 0.6) is 0 Å². The van der Waals surface area contributed by atoms with E-state index >= 15 is 0 Å². The van der Waals surface area contributed by atoms with Gasteiger partial charge < -0.3 is 9.52 Å². The molecule has 19 heavy (non-hydrogen) atoms. The Hall–Kier alpha value is -1.59. The highest BCUT2D eigenvalue weighted by atomic mass is 32.2. The standard InChI is InChI=1S/C14H14N2O2S/c1-8-4-3-5-10-11(8)15-9(2)12-13(10)18-14(16-12)19-7-6-17/h3-5,17H,6-7H2,1-2H3. The second-order valence-electron chi connectivity index (χ2n) is 4.40. The average Bonchev–Trinajstić information content (AvgIpc) is 2.83. The Balaban J connectivity index is 2.28. The fraction of sp³-hybridized carbons (Fsp3) is 0.286. The largest absolute Gasteiger partial charge is 0.431 e. The van der Waals surface area contributed by atoms with Crippen LogP contribution in [-0.2, 0) is 0 Å². The van der Waals surface area contributed by atoms with E-state index in [0.717, 1.165) is 33.3 Å². The number of thioether (sulfide) groups is 1. The molecule has 0 aliphatic rings. The first-order valence-corrected chi connectivity index (χ1v) is 7.09. The van der Waals surface area contributed by atoms with Gasteiger partial charge in [-0.25, -0.2) is 4.98 Å². The highest BCUT2D eigenvalue weighted by Gasteiger charge is 2.14. The molecule has 3 aromatic rings. The van der Waals surface area contributed by atoms with Crippen molar-refractivity contribution in [3.63, 3.8) is 0 Å². The first-order chi connectivity index (χ1) is 9.20. The summed E-state index contributed by atoms with van der Waals surface area (Å²) in [4.78, 5) is 9.07. The zero-order chi connectivity index (χ0) is 13.4. The van der Waals surface area contributed by atoms with Gasteiger partial charge in [0.1, 0.15) is 5.52 Å². The summed E-state index contributed by atoms with van der Waals surface area (Å²) in [5.74, 6) is 0.580. The van der Waals surface area contributed by atoms with Crippen LogP contribution in [0.25, 0.3) is 22.0 Å². The first kappa shape index (κ1) is 12.4. The second-order valence-corrected chi connectivity index (χ2v) is 5.44. The van der Waals surface area contributed by atoms with Crippen LogP contribution in [0.15, 0.2) is 27.8 Å². The maximum atomic E-state index is 8.86. The number of para-hydroxylation sites is 1. The molecule has 0 aliphatic carbocycles. The average molecular weight is 274 g/mol. The van der Waals surface area contributed by atoms with Crippen molar-refractivity contribution in [1.82, 2.24) is 9.97 Å². The minimum absolute atomic E-state index is 0.112. The van der Waals surface area contributed by atoms with Crippen LogP contribution in [0.2, 0.25) is 0 Å². The predicted molar refractivity (Wildman–Crippen MR) is 76.6 cm³/mol. The zero-order valence-corrected chi connectivity index (χ0v) is 11.6. The number of pyridine rings is 1. The van der Waals surface area contributed by atoms with E-state index in [9.17, 15) is 0 Å². The molecule has 0 bridgehead atoms. The van der Waals surface area contributed by atoms with Gasteiger partial charge in [-0.3, -0.25) is 4.98 Å². The summed E-state index contributed by atoms with van der Waals surface area (Å²) in [6, 6.07) is 6.04. The van der Waals surface area contributed by atoms with E-state index in [1.54, 1.807) is 0 Å². The molecule has 1 aromatic carbocycles. The number of aryl methyl sites for hydroxylation is 2. The molecular weight excluding hydrogens is 260 g/mol. The molecule has 0 amide bonds. The lowest BCUT2D eigenvalue weighted by Gasteiger charge is -2.02. The summed E-state index contributed by atoms with van der Waals surface area (Å²) in [6.07, 6.45) is 0. The van der Waals surface area contributed by atoms with Gasteiger partial charge in [-0.15, -0.1) is 0 Å². The fourth-order valence-corrected chi connectivity index (χ4v) is 2.70. The molecule has 5 heteroatoms. The third-order valence-corrected chi connectivity index (χ3v) is 3.84. The van der Waals surface area contributed by atoms with Gasteiger partial charge in [0.2, 0.25) is 0 Å². The number of fused-ring (bicyclic) bond motifs is 3. The van der Waals surface area contributed by atoms with Gasteiger partial charge in [-0.05, 0) is 25.5 Å². The molecule has 0 unspecified atom stereocenters. The number of aliphatic hydroxyl groups excluding tert-OH is 1. The molecule has 0 saturated heterocycles. The van der Waals surface area contributed by atoms with Crippen LogP contribution < -0.4 is 0 Å². The van der Waals surface area contributed by atoms with Crippen molar-refractivity contribution < 1.29 is 9.52 Å². The number of rotatable bonds is 3. The molecule has 0 saturated carbocycles. The van der Waals surface area contributed by atoms with Crippen LogP contribution in [0.4, 0.5) is 0 Å². The number of hydrogen-bond acceptors (Lipinski definition) is 5. The van der Waals surface area contributed by atoms with Crippen molar-refractivity contribution >= 4 is 33.8 Å². The fourth-order valence-electron chi connectivity index (χ4n) is 2.13. The number of hydrogen-bond donors (Lipinski definition) is 1. The normalized spacial score (nSPS) is 11.5. The number of benzene rings is 1. The van der Waals surface area contributed by atoms with Gasteiger partial charge in [0.15, 0.2) is 5.58 Å². The van der Waals surface area contributed by atoms with Crippen LogP contribution in [0.1, 0.15) is 11.3 Å². The Morgan fingerprint density at radius 3 is 2.84 bits per heavy atom. The van der Waals surface area contributed by atoms with Gasteiger partial charge in [0.25, 0.3) is 5.22 Å². The molecule has 0 fully saturated rings. The summed E-state index contributed by atoms with van der Waals surface area (Å²) >= 11 is 1.41. The Bertz CT molecular complexity index is 752.